The van der Waals surface area contributed by atoms with Gasteiger partial charge in [-0.15, -0.1) is 0 Å². The minimum absolute atomic E-state index is 0.111. The number of likely N-dealkylation sites (tertiary alicyclic amines) is 1. The van der Waals surface area contributed by atoms with E-state index in [1.54, 1.807) is 0 Å². The van der Waals surface area contributed by atoms with Crippen LogP contribution in [-0.4, -0.2) is 59.0 Å². The molecule has 0 bridgehead atoms. The van der Waals surface area contributed by atoms with Crippen LogP contribution in [0, 0.1) is 12.8 Å². The summed E-state index contributed by atoms with van der Waals surface area (Å²) in [5.41, 5.74) is 1.80. The number of amides is 1. The van der Waals surface area contributed by atoms with Crippen LogP contribution in [0.3, 0.4) is 0 Å². The lowest BCUT2D eigenvalue weighted by Gasteiger charge is -2.39. The van der Waals surface area contributed by atoms with E-state index in [9.17, 15) is 18.0 Å². The van der Waals surface area contributed by atoms with Crippen molar-refractivity contribution in [2.24, 2.45) is 5.92 Å². The molecule has 24 heavy (non-hydrogen) atoms. The summed E-state index contributed by atoms with van der Waals surface area (Å²) in [5, 5.41) is 9.08. The van der Waals surface area contributed by atoms with Crippen LogP contribution < -0.4 is 5.32 Å². The first-order chi connectivity index (χ1) is 11.3. The van der Waals surface area contributed by atoms with E-state index in [1.807, 2.05) is 18.3 Å². The highest BCUT2D eigenvalue weighted by atomic mass is 19.4. The van der Waals surface area contributed by atoms with Crippen LogP contribution in [0.4, 0.5) is 13.2 Å². The molecule has 0 aromatic carbocycles. The minimum Gasteiger partial charge on any atom is -0.377 e. The number of hydrogen-bond acceptors (Lipinski definition) is 4. The van der Waals surface area contributed by atoms with Gasteiger partial charge in [-0.2, -0.15) is 18.3 Å². The van der Waals surface area contributed by atoms with Gasteiger partial charge in [-0.3, -0.25) is 14.8 Å². The number of nitrogens with one attached hydrogen (secondary N) is 2. The third kappa shape index (κ3) is 4.07. The van der Waals surface area contributed by atoms with Gasteiger partial charge in [0.1, 0.15) is 6.54 Å². The molecular formula is C15H21F3N4O2. The van der Waals surface area contributed by atoms with Crippen molar-refractivity contribution in [1.29, 1.82) is 0 Å². The number of fused-ring (bicyclic) bond motifs is 1. The van der Waals surface area contributed by atoms with Crippen LogP contribution in [0.5, 0.6) is 0 Å². The second kappa shape index (κ2) is 6.72. The number of aryl methyl sites for hydroxylation is 1. The smallest absolute Gasteiger partial charge is 0.377 e. The average Bonchev–Trinajstić information content (AvgIpc) is 3.12. The van der Waals surface area contributed by atoms with Gasteiger partial charge in [0, 0.05) is 31.4 Å². The third-order valence-corrected chi connectivity index (χ3v) is 4.57. The maximum absolute atomic E-state index is 12.3. The van der Waals surface area contributed by atoms with E-state index in [0.29, 0.717) is 26.1 Å². The Labute approximate surface area is 137 Å². The Hall–Kier alpha value is -1.61. The number of rotatable bonds is 4. The molecule has 2 aliphatic heterocycles. The molecule has 2 saturated heterocycles. The lowest BCUT2D eigenvalue weighted by molar-refractivity contribution is -0.143. The van der Waals surface area contributed by atoms with E-state index in [-0.39, 0.29) is 12.1 Å². The third-order valence-electron chi connectivity index (χ3n) is 4.57. The van der Waals surface area contributed by atoms with Crippen LogP contribution in [0.2, 0.25) is 0 Å². The fourth-order valence-corrected chi connectivity index (χ4v) is 3.52. The zero-order valence-corrected chi connectivity index (χ0v) is 13.4. The standard InChI is InChI=1S/C15H21F3N4O2/c1-9-4-11(21-20-9)7-22-6-10(5-13-12(22)2-3-24-13)14(23)19-8-15(16,17)18/h4,10,12-13H,2-3,5-8H2,1H3,(H,19,23)(H,20,21)/t10-,12+,13+/m0/s1. The zero-order valence-electron chi connectivity index (χ0n) is 13.4. The first-order valence-corrected chi connectivity index (χ1v) is 8.03. The van der Waals surface area contributed by atoms with E-state index in [1.165, 1.54) is 0 Å². The highest BCUT2D eigenvalue weighted by Crippen LogP contribution is 2.32. The van der Waals surface area contributed by atoms with E-state index < -0.39 is 24.5 Å². The second-order valence-corrected chi connectivity index (χ2v) is 6.50. The van der Waals surface area contributed by atoms with Crippen LogP contribution >= 0.6 is 0 Å². The molecule has 3 heterocycles. The number of piperidine rings is 1. The Balaban J connectivity index is 1.65. The van der Waals surface area contributed by atoms with Crippen molar-refractivity contribution in [2.45, 2.75) is 44.6 Å². The van der Waals surface area contributed by atoms with Crippen molar-refractivity contribution in [2.75, 3.05) is 19.7 Å². The molecule has 0 radical (unpaired) electrons. The van der Waals surface area contributed by atoms with Gasteiger partial charge in [0.2, 0.25) is 5.91 Å². The summed E-state index contributed by atoms with van der Waals surface area (Å²) in [6, 6.07) is 2.12. The van der Waals surface area contributed by atoms with Crippen molar-refractivity contribution in [3.8, 4) is 0 Å². The maximum atomic E-state index is 12.3. The van der Waals surface area contributed by atoms with Crippen LogP contribution in [0.15, 0.2) is 6.07 Å². The zero-order chi connectivity index (χ0) is 17.3. The average molecular weight is 346 g/mol. The molecule has 3 rings (SSSR count). The summed E-state index contributed by atoms with van der Waals surface area (Å²) < 4.78 is 42.6. The minimum atomic E-state index is -4.40. The number of carbonyl (C=O) groups excluding carboxylic acids is 1. The molecular weight excluding hydrogens is 325 g/mol. The maximum Gasteiger partial charge on any atom is 0.405 e. The van der Waals surface area contributed by atoms with E-state index in [2.05, 4.69) is 15.1 Å². The topological polar surface area (TPSA) is 70.2 Å². The van der Waals surface area contributed by atoms with Crippen molar-refractivity contribution in [1.82, 2.24) is 20.4 Å². The van der Waals surface area contributed by atoms with Gasteiger partial charge in [-0.25, -0.2) is 0 Å². The van der Waals surface area contributed by atoms with Crippen molar-refractivity contribution in [3.05, 3.63) is 17.5 Å². The first-order valence-electron chi connectivity index (χ1n) is 8.03. The van der Waals surface area contributed by atoms with Crippen molar-refractivity contribution >= 4 is 5.91 Å². The summed E-state index contributed by atoms with van der Waals surface area (Å²) in [5.74, 6) is -1.07. The number of ether oxygens (including phenoxy) is 1. The lowest BCUT2D eigenvalue weighted by Crippen LogP contribution is -2.53. The summed E-state index contributed by atoms with van der Waals surface area (Å²) in [6.07, 6.45) is -3.18. The summed E-state index contributed by atoms with van der Waals surface area (Å²) in [6.45, 7) is 2.19. The SMILES string of the molecule is Cc1cc(CN2C[C@@H](C(=O)NCC(F)(F)F)C[C@H]3OCC[C@H]32)n[nH]1. The molecule has 1 aromatic heterocycles. The lowest BCUT2D eigenvalue weighted by atomic mass is 9.89. The Morgan fingerprint density at radius 3 is 3.00 bits per heavy atom. The molecule has 1 aromatic rings. The highest BCUT2D eigenvalue weighted by Gasteiger charge is 2.42. The van der Waals surface area contributed by atoms with Crippen LogP contribution in [0.25, 0.3) is 0 Å². The second-order valence-electron chi connectivity index (χ2n) is 6.50. The number of aromatic nitrogens is 2. The molecule has 2 aliphatic rings. The van der Waals surface area contributed by atoms with Gasteiger partial charge < -0.3 is 10.1 Å². The number of alkyl halides is 3. The number of hydrogen-bond donors (Lipinski definition) is 2. The number of aromatic amines is 1. The van der Waals surface area contributed by atoms with Gasteiger partial charge in [-0.1, -0.05) is 0 Å². The largest absolute Gasteiger partial charge is 0.405 e. The first kappa shape index (κ1) is 17.2. The number of H-pyrrole nitrogens is 1. The normalized spacial score (nSPS) is 27.9. The Bertz CT molecular complexity index is 590. The van der Waals surface area contributed by atoms with E-state index in [0.717, 1.165) is 17.8 Å². The quantitative estimate of drug-likeness (QED) is 0.864. The Morgan fingerprint density at radius 2 is 2.33 bits per heavy atom. The molecule has 0 saturated carbocycles. The van der Waals surface area contributed by atoms with Gasteiger partial charge in [-0.05, 0) is 25.8 Å². The van der Waals surface area contributed by atoms with Gasteiger partial charge >= 0.3 is 6.18 Å². The molecule has 1 amide bonds. The van der Waals surface area contributed by atoms with Crippen molar-refractivity contribution < 1.29 is 22.7 Å². The molecule has 2 fully saturated rings. The molecule has 6 nitrogen and oxygen atoms in total. The Kier molecular flexibility index (Phi) is 4.82. The summed E-state index contributed by atoms with van der Waals surface area (Å²) in [7, 11) is 0. The highest BCUT2D eigenvalue weighted by molar-refractivity contribution is 5.79. The van der Waals surface area contributed by atoms with Gasteiger partial charge in [0.25, 0.3) is 0 Å². The fourth-order valence-electron chi connectivity index (χ4n) is 3.52. The van der Waals surface area contributed by atoms with E-state index >= 15 is 0 Å². The molecule has 0 aliphatic carbocycles. The number of halogens is 3. The molecule has 9 heteroatoms. The van der Waals surface area contributed by atoms with Crippen LogP contribution in [-0.2, 0) is 16.1 Å². The molecule has 0 spiro atoms. The molecule has 2 N–H and O–H groups in total. The predicted molar refractivity (Wildman–Crippen MR) is 79.1 cm³/mol. The predicted octanol–water partition coefficient (Wildman–Crippen LogP) is 1.38. The monoisotopic (exact) mass is 346 g/mol. The number of carbonyl (C=O) groups is 1. The summed E-state index contributed by atoms with van der Waals surface area (Å²) in [4.78, 5) is 14.2. The molecule has 134 valence electrons. The summed E-state index contributed by atoms with van der Waals surface area (Å²) >= 11 is 0. The molecule has 0 unspecified atom stereocenters. The Morgan fingerprint density at radius 1 is 1.54 bits per heavy atom. The van der Waals surface area contributed by atoms with Gasteiger partial charge in [0.15, 0.2) is 0 Å². The van der Waals surface area contributed by atoms with Crippen molar-refractivity contribution in [3.63, 3.8) is 0 Å². The van der Waals surface area contributed by atoms with E-state index in [4.69, 9.17) is 4.74 Å². The molecule has 3 atom stereocenters. The number of nitrogens with zero attached hydrogens (tertiary/aromatic N) is 2. The van der Waals surface area contributed by atoms with Crippen LogP contribution in [0.1, 0.15) is 24.2 Å². The fraction of sp³-hybridized carbons (Fsp3) is 0.733. The van der Waals surface area contributed by atoms with Gasteiger partial charge in [0.05, 0.1) is 17.7 Å².